The summed E-state index contributed by atoms with van der Waals surface area (Å²) in [4.78, 5) is 17.0. The van der Waals surface area contributed by atoms with E-state index in [1.165, 1.54) is 10.4 Å². The number of hydrogen-bond acceptors (Lipinski definition) is 4. The van der Waals surface area contributed by atoms with Crippen molar-refractivity contribution >= 4 is 27.3 Å². The third kappa shape index (κ3) is 5.18. The molecule has 0 saturated carbocycles. The monoisotopic (exact) mass is 447 g/mol. The van der Waals surface area contributed by atoms with Crippen molar-refractivity contribution in [2.24, 2.45) is 0 Å². The average Bonchev–Trinajstić information content (AvgIpc) is 2.70. The maximum Gasteiger partial charge on any atom is 0.246 e. The summed E-state index contributed by atoms with van der Waals surface area (Å²) in [5.41, 5.74) is 2.90. The van der Waals surface area contributed by atoms with Gasteiger partial charge in [0.1, 0.15) is 11.9 Å². The van der Waals surface area contributed by atoms with Crippen LogP contribution in [0.2, 0.25) is 0 Å². The zero-order chi connectivity index (χ0) is 22.8. The molecule has 6 nitrogen and oxygen atoms in total. The summed E-state index contributed by atoms with van der Waals surface area (Å²) in [7, 11) is -3.68. The fourth-order valence-electron chi connectivity index (χ4n) is 4.21. The Labute approximate surface area is 184 Å². The Morgan fingerprint density at radius 1 is 1.06 bits per heavy atom. The smallest absolute Gasteiger partial charge is 0.246 e. The number of benzene rings is 2. The van der Waals surface area contributed by atoms with Crippen LogP contribution < -0.4 is 9.21 Å². The van der Waals surface area contributed by atoms with Gasteiger partial charge in [0.2, 0.25) is 15.9 Å². The number of halogens is 1. The van der Waals surface area contributed by atoms with Crippen LogP contribution in [0.5, 0.6) is 0 Å². The Hall–Kier alpha value is -2.61. The first kappa shape index (κ1) is 23.1. The van der Waals surface area contributed by atoms with Crippen LogP contribution in [-0.2, 0) is 14.8 Å². The van der Waals surface area contributed by atoms with Crippen molar-refractivity contribution in [2.45, 2.75) is 33.2 Å². The normalized spacial score (nSPS) is 15.6. The van der Waals surface area contributed by atoms with Crippen LogP contribution in [0, 0.1) is 19.7 Å². The summed E-state index contributed by atoms with van der Waals surface area (Å²) >= 11 is 0. The standard InChI is InChI=1S/C23H30FN3O3S/c1-5-21(27(31(4,29)30)19-15-17(2)14-18(3)16-19)23(28)26-12-10-25(11-13-26)22-9-7-6-8-20(22)24/h6-9,14-16,21H,5,10-13H2,1-4H3/t21-/m1/s1. The molecule has 3 rings (SSSR count). The molecule has 8 heteroatoms. The van der Waals surface area contributed by atoms with Gasteiger partial charge in [0.15, 0.2) is 0 Å². The van der Waals surface area contributed by atoms with E-state index in [2.05, 4.69) is 0 Å². The quantitative estimate of drug-likeness (QED) is 0.682. The molecule has 1 heterocycles. The lowest BCUT2D eigenvalue weighted by Crippen LogP contribution is -2.56. The molecule has 0 bridgehead atoms. The molecule has 1 amide bonds. The van der Waals surface area contributed by atoms with E-state index in [4.69, 9.17) is 0 Å². The molecule has 0 N–H and O–H groups in total. The van der Waals surface area contributed by atoms with Gasteiger partial charge in [0.05, 0.1) is 17.6 Å². The van der Waals surface area contributed by atoms with Crippen LogP contribution in [0.1, 0.15) is 24.5 Å². The van der Waals surface area contributed by atoms with Crippen LogP contribution in [0.15, 0.2) is 42.5 Å². The summed E-state index contributed by atoms with van der Waals surface area (Å²) in [5.74, 6) is -0.507. The number of amides is 1. The summed E-state index contributed by atoms with van der Waals surface area (Å²) in [6.07, 6.45) is 1.49. The number of para-hydroxylation sites is 1. The number of carbonyl (C=O) groups excluding carboxylic acids is 1. The predicted octanol–water partition coefficient (Wildman–Crippen LogP) is 3.34. The first-order valence-corrected chi connectivity index (χ1v) is 12.3. The number of hydrogen-bond donors (Lipinski definition) is 0. The lowest BCUT2D eigenvalue weighted by molar-refractivity contribution is -0.132. The highest BCUT2D eigenvalue weighted by Crippen LogP contribution is 2.27. The fourth-order valence-corrected chi connectivity index (χ4v) is 5.40. The number of anilines is 2. The van der Waals surface area contributed by atoms with Gasteiger partial charge in [-0.3, -0.25) is 9.10 Å². The SMILES string of the molecule is CC[C@H](C(=O)N1CCN(c2ccccc2F)CC1)N(c1cc(C)cc(C)c1)S(C)(=O)=O. The summed E-state index contributed by atoms with van der Waals surface area (Å²) < 4.78 is 40.8. The Morgan fingerprint density at radius 2 is 1.65 bits per heavy atom. The predicted molar refractivity (Wildman–Crippen MR) is 123 cm³/mol. The van der Waals surface area contributed by atoms with Gasteiger partial charge in [-0.1, -0.05) is 25.1 Å². The van der Waals surface area contributed by atoms with E-state index in [1.807, 2.05) is 31.7 Å². The van der Waals surface area contributed by atoms with Crippen molar-refractivity contribution in [3.8, 4) is 0 Å². The molecular formula is C23H30FN3O3S. The van der Waals surface area contributed by atoms with Gasteiger partial charge in [0, 0.05) is 26.2 Å². The number of sulfonamides is 1. The Balaban J connectivity index is 1.82. The number of piperazine rings is 1. The highest BCUT2D eigenvalue weighted by molar-refractivity contribution is 7.92. The number of rotatable bonds is 6. The van der Waals surface area contributed by atoms with E-state index in [0.29, 0.717) is 44.0 Å². The van der Waals surface area contributed by atoms with E-state index in [1.54, 1.807) is 35.2 Å². The molecule has 0 aromatic heterocycles. The highest BCUT2D eigenvalue weighted by atomic mass is 32.2. The van der Waals surface area contributed by atoms with Crippen LogP contribution in [0.3, 0.4) is 0 Å². The topological polar surface area (TPSA) is 60.9 Å². The van der Waals surface area contributed by atoms with Gasteiger partial charge in [-0.15, -0.1) is 0 Å². The third-order valence-electron chi connectivity index (χ3n) is 5.56. The fraction of sp³-hybridized carbons (Fsp3) is 0.435. The average molecular weight is 448 g/mol. The number of carbonyl (C=O) groups is 1. The molecule has 1 saturated heterocycles. The summed E-state index contributed by atoms with van der Waals surface area (Å²) in [6.45, 7) is 7.43. The van der Waals surface area contributed by atoms with E-state index < -0.39 is 16.1 Å². The Bertz CT molecular complexity index is 1030. The van der Waals surface area contributed by atoms with Crippen molar-refractivity contribution in [3.05, 3.63) is 59.4 Å². The molecule has 31 heavy (non-hydrogen) atoms. The first-order valence-electron chi connectivity index (χ1n) is 10.5. The third-order valence-corrected chi connectivity index (χ3v) is 6.74. The van der Waals surface area contributed by atoms with Gasteiger partial charge >= 0.3 is 0 Å². The van der Waals surface area contributed by atoms with Crippen LogP contribution in [0.25, 0.3) is 0 Å². The van der Waals surface area contributed by atoms with Gasteiger partial charge in [-0.2, -0.15) is 0 Å². The lowest BCUT2D eigenvalue weighted by atomic mass is 10.1. The van der Waals surface area contributed by atoms with E-state index in [-0.39, 0.29) is 11.7 Å². The minimum atomic E-state index is -3.68. The van der Waals surface area contributed by atoms with Gasteiger partial charge in [0.25, 0.3) is 0 Å². The second kappa shape index (κ2) is 9.26. The molecule has 2 aromatic carbocycles. The molecule has 1 atom stereocenters. The van der Waals surface area contributed by atoms with Crippen molar-refractivity contribution < 1.29 is 17.6 Å². The van der Waals surface area contributed by atoms with Crippen LogP contribution >= 0.6 is 0 Å². The summed E-state index contributed by atoms with van der Waals surface area (Å²) in [6, 6.07) is 11.3. The molecule has 1 aliphatic heterocycles. The highest BCUT2D eigenvalue weighted by Gasteiger charge is 2.35. The van der Waals surface area contributed by atoms with Gasteiger partial charge in [-0.05, 0) is 55.7 Å². The van der Waals surface area contributed by atoms with Crippen LogP contribution in [0.4, 0.5) is 15.8 Å². The molecular weight excluding hydrogens is 417 g/mol. The van der Waals surface area contributed by atoms with Crippen molar-refractivity contribution in [1.29, 1.82) is 0 Å². The molecule has 2 aromatic rings. The van der Waals surface area contributed by atoms with E-state index in [9.17, 15) is 17.6 Å². The largest absolute Gasteiger partial charge is 0.366 e. The van der Waals surface area contributed by atoms with E-state index in [0.717, 1.165) is 17.4 Å². The number of nitrogens with zero attached hydrogens (tertiary/aromatic N) is 3. The molecule has 0 radical (unpaired) electrons. The zero-order valence-corrected chi connectivity index (χ0v) is 19.3. The van der Waals surface area contributed by atoms with Gasteiger partial charge in [-0.25, -0.2) is 12.8 Å². The molecule has 0 spiro atoms. The second-order valence-electron chi connectivity index (χ2n) is 8.09. The van der Waals surface area contributed by atoms with Crippen molar-refractivity contribution in [2.75, 3.05) is 41.6 Å². The van der Waals surface area contributed by atoms with Crippen molar-refractivity contribution in [3.63, 3.8) is 0 Å². The maximum atomic E-state index is 14.1. The minimum Gasteiger partial charge on any atom is -0.366 e. The zero-order valence-electron chi connectivity index (χ0n) is 18.5. The van der Waals surface area contributed by atoms with Gasteiger partial charge < -0.3 is 9.80 Å². The summed E-state index contributed by atoms with van der Waals surface area (Å²) in [5, 5.41) is 0. The molecule has 0 unspecified atom stereocenters. The lowest BCUT2D eigenvalue weighted by Gasteiger charge is -2.39. The number of aryl methyl sites for hydroxylation is 2. The molecule has 0 aliphatic carbocycles. The Morgan fingerprint density at radius 3 is 2.16 bits per heavy atom. The van der Waals surface area contributed by atoms with Crippen molar-refractivity contribution in [1.82, 2.24) is 4.90 Å². The molecule has 1 aliphatic rings. The molecule has 168 valence electrons. The Kier molecular flexibility index (Phi) is 6.89. The maximum absolute atomic E-state index is 14.1. The van der Waals surface area contributed by atoms with Crippen LogP contribution in [-0.4, -0.2) is 57.7 Å². The first-order chi connectivity index (χ1) is 14.6. The minimum absolute atomic E-state index is 0.222. The second-order valence-corrected chi connectivity index (χ2v) is 9.95. The van der Waals surface area contributed by atoms with E-state index >= 15 is 0 Å². The molecule has 1 fully saturated rings.